The van der Waals surface area contributed by atoms with Gasteiger partial charge in [0.15, 0.2) is 0 Å². The maximum atomic E-state index is 2.18. The summed E-state index contributed by atoms with van der Waals surface area (Å²) in [6, 6.07) is 12.9. The first-order chi connectivity index (χ1) is 7.69. The van der Waals surface area contributed by atoms with Gasteiger partial charge >= 0.3 is 26.2 Å². The Kier molecular flexibility index (Phi) is 15.7. The molecule has 2 rings (SSSR count). The second kappa shape index (κ2) is 12.6. The molecule has 0 atom stereocenters. The predicted molar refractivity (Wildman–Crippen MR) is 85.1 cm³/mol. The molecule has 0 saturated carbocycles. The first-order valence-electron chi connectivity index (χ1n) is 6.11. The quantitative estimate of drug-likeness (QED) is 0.640. The third kappa shape index (κ3) is 7.68. The summed E-state index contributed by atoms with van der Waals surface area (Å²) in [5.41, 5.74) is 5.80. The maximum Gasteiger partial charge on any atom is 4.00 e. The Bertz CT molecular complexity index is 367. The summed E-state index contributed by atoms with van der Waals surface area (Å²) in [6.45, 7) is 8.67. The molecular formula is C18H28Zr. The van der Waals surface area contributed by atoms with Crippen LogP contribution in [0.2, 0.25) is 0 Å². The van der Waals surface area contributed by atoms with E-state index >= 15 is 0 Å². The van der Waals surface area contributed by atoms with Gasteiger partial charge in [0.2, 0.25) is 0 Å². The summed E-state index contributed by atoms with van der Waals surface area (Å²) in [7, 11) is 0. The van der Waals surface area contributed by atoms with E-state index in [9.17, 15) is 0 Å². The molecule has 0 aliphatic heterocycles. The van der Waals surface area contributed by atoms with Crippen molar-refractivity contribution in [1.29, 1.82) is 0 Å². The Morgan fingerprint density at radius 1 is 0.789 bits per heavy atom. The van der Waals surface area contributed by atoms with E-state index in [2.05, 4.69) is 64.1 Å². The fraction of sp³-hybridized carbons (Fsp3) is 0.333. The Morgan fingerprint density at radius 2 is 1.11 bits per heavy atom. The largest absolute Gasteiger partial charge is 4.00 e. The zero-order valence-electron chi connectivity index (χ0n) is 13.4. The standard InChI is InChI=1S/2C8H11.2CH3.Zr/c2*1-3-8-6-4-5-7(8)2;;;/h2*4-6H,3H2,1-2H3;2*1H3;/q4*-1;+4. The molecular weight excluding hydrogens is 307 g/mol. The molecule has 0 aliphatic rings. The Hall–Kier alpha value is -0.417. The van der Waals surface area contributed by atoms with Gasteiger partial charge in [0, 0.05) is 0 Å². The van der Waals surface area contributed by atoms with Crippen molar-refractivity contribution in [2.75, 3.05) is 0 Å². The van der Waals surface area contributed by atoms with Gasteiger partial charge in [-0.2, -0.15) is 34.4 Å². The summed E-state index contributed by atoms with van der Waals surface area (Å²) < 4.78 is 0. The van der Waals surface area contributed by atoms with Crippen molar-refractivity contribution in [3.05, 3.63) is 73.5 Å². The van der Waals surface area contributed by atoms with Crippen molar-refractivity contribution in [1.82, 2.24) is 0 Å². The fourth-order valence-corrected chi connectivity index (χ4v) is 1.89. The van der Waals surface area contributed by atoms with Crippen molar-refractivity contribution in [3.8, 4) is 0 Å². The summed E-state index contributed by atoms with van der Waals surface area (Å²) in [6.07, 6.45) is 2.33. The van der Waals surface area contributed by atoms with Crippen LogP contribution in [0, 0.1) is 28.7 Å². The van der Waals surface area contributed by atoms with Crippen molar-refractivity contribution >= 4 is 0 Å². The zero-order chi connectivity index (χ0) is 12.0. The molecule has 0 saturated heterocycles. The molecule has 0 bridgehead atoms. The zero-order valence-corrected chi connectivity index (χ0v) is 15.8. The van der Waals surface area contributed by atoms with E-state index in [0.717, 1.165) is 0 Å². The maximum absolute atomic E-state index is 2.18. The number of aryl methyl sites for hydroxylation is 4. The van der Waals surface area contributed by atoms with Crippen LogP contribution in [0.5, 0.6) is 0 Å². The van der Waals surface area contributed by atoms with E-state index in [1.165, 1.54) is 35.1 Å². The fourth-order valence-electron chi connectivity index (χ4n) is 1.89. The molecule has 0 fully saturated rings. The third-order valence-electron chi connectivity index (χ3n) is 3.06. The van der Waals surface area contributed by atoms with Gasteiger partial charge < -0.3 is 14.9 Å². The third-order valence-corrected chi connectivity index (χ3v) is 3.06. The number of rotatable bonds is 2. The van der Waals surface area contributed by atoms with Crippen LogP contribution >= 0.6 is 0 Å². The van der Waals surface area contributed by atoms with E-state index in [0.29, 0.717) is 0 Å². The molecule has 1 heteroatoms. The Balaban J connectivity index is -0.000000233. The van der Waals surface area contributed by atoms with Crippen molar-refractivity contribution in [2.24, 2.45) is 0 Å². The molecule has 0 aliphatic carbocycles. The van der Waals surface area contributed by atoms with Crippen molar-refractivity contribution in [3.63, 3.8) is 0 Å². The summed E-state index contributed by atoms with van der Waals surface area (Å²) in [4.78, 5) is 0. The van der Waals surface area contributed by atoms with Gasteiger partial charge in [-0.3, -0.25) is 0 Å². The van der Waals surface area contributed by atoms with Crippen LogP contribution in [0.25, 0.3) is 0 Å². The number of hydrogen-bond donors (Lipinski definition) is 0. The van der Waals surface area contributed by atoms with Crippen molar-refractivity contribution in [2.45, 2.75) is 40.5 Å². The van der Waals surface area contributed by atoms with Crippen LogP contribution in [0.3, 0.4) is 0 Å². The van der Waals surface area contributed by atoms with Crippen LogP contribution in [0.4, 0.5) is 0 Å². The molecule has 0 heterocycles. The summed E-state index contributed by atoms with van der Waals surface area (Å²) in [5, 5.41) is 0. The van der Waals surface area contributed by atoms with Gasteiger partial charge in [-0.1, -0.05) is 40.5 Å². The van der Waals surface area contributed by atoms with E-state index in [4.69, 9.17) is 0 Å². The average molecular weight is 336 g/mol. The van der Waals surface area contributed by atoms with Crippen LogP contribution < -0.4 is 0 Å². The molecule has 0 radical (unpaired) electrons. The number of hydrogen-bond acceptors (Lipinski definition) is 0. The van der Waals surface area contributed by atoms with E-state index in [1.54, 1.807) is 0 Å². The monoisotopic (exact) mass is 334 g/mol. The van der Waals surface area contributed by atoms with Gasteiger partial charge in [0.25, 0.3) is 0 Å². The Morgan fingerprint density at radius 3 is 1.21 bits per heavy atom. The second-order valence-electron chi connectivity index (χ2n) is 4.18. The summed E-state index contributed by atoms with van der Waals surface area (Å²) >= 11 is 0. The predicted octanol–water partition coefficient (Wildman–Crippen LogP) is 5.45. The minimum absolute atomic E-state index is 0. The van der Waals surface area contributed by atoms with E-state index < -0.39 is 0 Å². The van der Waals surface area contributed by atoms with E-state index in [1.807, 2.05) is 0 Å². The van der Waals surface area contributed by atoms with Gasteiger partial charge in [0.1, 0.15) is 0 Å². The molecule has 0 N–H and O–H groups in total. The molecule has 2 aromatic rings. The van der Waals surface area contributed by atoms with Crippen LogP contribution in [0.15, 0.2) is 36.4 Å². The minimum atomic E-state index is 0. The van der Waals surface area contributed by atoms with Crippen molar-refractivity contribution < 1.29 is 26.2 Å². The van der Waals surface area contributed by atoms with Crippen LogP contribution in [0.1, 0.15) is 36.1 Å². The topological polar surface area (TPSA) is 0 Å². The molecule has 0 nitrogen and oxygen atoms in total. The molecule has 0 spiro atoms. The van der Waals surface area contributed by atoms with Gasteiger partial charge in [-0.05, 0) is 0 Å². The molecule has 0 aromatic heterocycles. The van der Waals surface area contributed by atoms with Gasteiger partial charge in [-0.25, -0.2) is 24.3 Å². The molecule has 0 amide bonds. The SMILES string of the molecule is CCc1ccc[c-]1C.CCc1ccc[c-]1C.[CH3-].[CH3-].[Zr+4]. The second-order valence-corrected chi connectivity index (χ2v) is 4.18. The molecule has 19 heavy (non-hydrogen) atoms. The van der Waals surface area contributed by atoms with E-state index in [-0.39, 0.29) is 41.1 Å². The first kappa shape index (κ1) is 23.7. The molecule has 0 unspecified atom stereocenters. The van der Waals surface area contributed by atoms with Gasteiger partial charge in [0.05, 0.1) is 0 Å². The summed E-state index contributed by atoms with van der Waals surface area (Å²) in [5.74, 6) is 0. The first-order valence-corrected chi connectivity index (χ1v) is 6.11. The smallest absolute Gasteiger partial charge is 0.358 e. The van der Waals surface area contributed by atoms with Crippen LogP contribution in [-0.4, -0.2) is 0 Å². The van der Waals surface area contributed by atoms with Crippen LogP contribution in [-0.2, 0) is 39.0 Å². The van der Waals surface area contributed by atoms with Gasteiger partial charge in [-0.15, -0.1) is 0 Å². The molecule has 104 valence electrons. The molecule has 2 aromatic carbocycles. The Labute approximate surface area is 140 Å². The normalized spacial score (nSPS) is 8.21. The average Bonchev–Trinajstić information content (AvgIpc) is 2.87. The minimum Gasteiger partial charge on any atom is -0.358 e.